The first-order valence-electron chi connectivity index (χ1n) is 4.43. The van der Waals surface area contributed by atoms with Gasteiger partial charge >= 0.3 is 0 Å². The van der Waals surface area contributed by atoms with E-state index in [4.69, 9.17) is 0 Å². The van der Waals surface area contributed by atoms with Crippen molar-refractivity contribution < 1.29 is 5.11 Å². The zero-order chi connectivity index (χ0) is 9.68. The summed E-state index contributed by atoms with van der Waals surface area (Å²) in [6, 6.07) is 0. The summed E-state index contributed by atoms with van der Waals surface area (Å²) in [6.07, 6.45) is 3.89. The Kier molecular flexibility index (Phi) is 3.64. The van der Waals surface area contributed by atoms with Crippen molar-refractivity contribution in [1.82, 2.24) is 9.97 Å². The third kappa shape index (κ3) is 3.38. The van der Waals surface area contributed by atoms with Crippen LogP contribution in [0.2, 0.25) is 0 Å². The van der Waals surface area contributed by atoms with Crippen LogP contribution in [0.5, 0.6) is 0 Å². The van der Waals surface area contributed by atoms with E-state index in [1.54, 1.807) is 12.4 Å². The van der Waals surface area contributed by atoms with Crippen LogP contribution in [0.1, 0.15) is 18.9 Å². The molecule has 0 radical (unpaired) electrons. The zero-order valence-electron chi connectivity index (χ0n) is 7.99. The fourth-order valence-corrected chi connectivity index (χ4v) is 0.837. The minimum absolute atomic E-state index is 0.329. The third-order valence-corrected chi connectivity index (χ3v) is 1.75. The standard InChI is InChI=1S/C9H15N3O/c1-3-8(13)6-12-9-10-4-7(2)5-11-9/h4-5,8,13H,3,6H2,1-2H3,(H,10,11,12)/t8-/m0/s1. The largest absolute Gasteiger partial charge is 0.391 e. The van der Waals surface area contributed by atoms with Gasteiger partial charge in [0, 0.05) is 18.9 Å². The summed E-state index contributed by atoms with van der Waals surface area (Å²) in [5.74, 6) is 0.568. The lowest BCUT2D eigenvalue weighted by Crippen LogP contribution is -2.19. The maximum atomic E-state index is 9.26. The van der Waals surface area contributed by atoms with Gasteiger partial charge in [0.25, 0.3) is 0 Å². The van der Waals surface area contributed by atoms with Gasteiger partial charge in [-0.1, -0.05) is 6.92 Å². The molecule has 1 aromatic heterocycles. The predicted octanol–water partition coefficient (Wildman–Crippen LogP) is 0.968. The molecule has 0 unspecified atom stereocenters. The summed E-state index contributed by atoms with van der Waals surface area (Å²) < 4.78 is 0. The molecule has 1 atom stereocenters. The van der Waals surface area contributed by atoms with Crippen LogP contribution in [0.15, 0.2) is 12.4 Å². The van der Waals surface area contributed by atoms with Gasteiger partial charge in [-0.05, 0) is 18.9 Å². The lowest BCUT2D eigenvalue weighted by molar-refractivity contribution is 0.183. The molecule has 1 aromatic rings. The van der Waals surface area contributed by atoms with Gasteiger partial charge in [0.05, 0.1) is 6.10 Å². The fourth-order valence-electron chi connectivity index (χ4n) is 0.837. The molecule has 4 heteroatoms. The first-order valence-corrected chi connectivity index (χ1v) is 4.43. The summed E-state index contributed by atoms with van der Waals surface area (Å²) in [6.45, 7) is 4.37. The van der Waals surface area contributed by atoms with Crippen molar-refractivity contribution in [2.24, 2.45) is 0 Å². The Morgan fingerprint density at radius 2 is 2.08 bits per heavy atom. The topological polar surface area (TPSA) is 58.0 Å². The van der Waals surface area contributed by atoms with E-state index in [1.807, 2.05) is 13.8 Å². The minimum atomic E-state index is -0.329. The average Bonchev–Trinajstić information content (AvgIpc) is 2.16. The van der Waals surface area contributed by atoms with Crippen LogP contribution in [0.3, 0.4) is 0 Å². The van der Waals surface area contributed by atoms with Gasteiger partial charge in [0.1, 0.15) is 0 Å². The number of aryl methyl sites for hydroxylation is 1. The van der Waals surface area contributed by atoms with E-state index < -0.39 is 0 Å². The van der Waals surface area contributed by atoms with E-state index in [-0.39, 0.29) is 6.10 Å². The highest BCUT2D eigenvalue weighted by molar-refractivity contribution is 5.24. The molecule has 0 bridgehead atoms. The highest BCUT2D eigenvalue weighted by Gasteiger charge is 2.00. The summed E-state index contributed by atoms with van der Waals surface area (Å²) in [5, 5.41) is 12.2. The summed E-state index contributed by atoms with van der Waals surface area (Å²) in [4.78, 5) is 8.10. The molecule has 0 aliphatic rings. The number of rotatable bonds is 4. The quantitative estimate of drug-likeness (QED) is 0.726. The summed E-state index contributed by atoms with van der Waals surface area (Å²) >= 11 is 0. The van der Waals surface area contributed by atoms with Crippen molar-refractivity contribution in [1.29, 1.82) is 0 Å². The number of nitrogens with one attached hydrogen (secondary N) is 1. The lowest BCUT2D eigenvalue weighted by Gasteiger charge is -2.08. The van der Waals surface area contributed by atoms with E-state index in [1.165, 1.54) is 0 Å². The Morgan fingerprint density at radius 3 is 2.62 bits per heavy atom. The van der Waals surface area contributed by atoms with Crippen LogP contribution in [0, 0.1) is 6.92 Å². The number of aliphatic hydroxyl groups is 1. The molecule has 1 rings (SSSR count). The Labute approximate surface area is 78.0 Å². The number of anilines is 1. The van der Waals surface area contributed by atoms with Crippen molar-refractivity contribution in [3.05, 3.63) is 18.0 Å². The molecule has 13 heavy (non-hydrogen) atoms. The number of aromatic nitrogens is 2. The molecular formula is C9H15N3O. The van der Waals surface area contributed by atoms with Crippen LogP contribution in [0.25, 0.3) is 0 Å². The predicted molar refractivity (Wildman–Crippen MR) is 51.6 cm³/mol. The van der Waals surface area contributed by atoms with Crippen LogP contribution in [0.4, 0.5) is 5.95 Å². The maximum Gasteiger partial charge on any atom is 0.222 e. The van der Waals surface area contributed by atoms with Crippen molar-refractivity contribution >= 4 is 5.95 Å². The first-order chi connectivity index (χ1) is 6.22. The van der Waals surface area contributed by atoms with Gasteiger partial charge < -0.3 is 10.4 Å². The third-order valence-electron chi connectivity index (χ3n) is 1.75. The number of hydrogen-bond acceptors (Lipinski definition) is 4. The highest BCUT2D eigenvalue weighted by atomic mass is 16.3. The second-order valence-electron chi connectivity index (χ2n) is 3.03. The second-order valence-corrected chi connectivity index (χ2v) is 3.03. The maximum absolute atomic E-state index is 9.26. The van der Waals surface area contributed by atoms with Gasteiger partial charge in [0.2, 0.25) is 5.95 Å². The fraction of sp³-hybridized carbons (Fsp3) is 0.556. The second kappa shape index (κ2) is 4.77. The lowest BCUT2D eigenvalue weighted by atomic mass is 10.3. The van der Waals surface area contributed by atoms with E-state index in [2.05, 4.69) is 15.3 Å². The Balaban J connectivity index is 2.41. The van der Waals surface area contributed by atoms with Gasteiger partial charge in [-0.25, -0.2) is 9.97 Å². The molecule has 2 N–H and O–H groups in total. The van der Waals surface area contributed by atoms with Gasteiger partial charge in [-0.2, -0.15) is 0 Å². The minimum Gasteiger partial charge on any atom is -0.391 e. The zero-order valence-corrected chi connectivity index (χ0v) is 7.99. The summed E-state index contributed by atoms with van der Waals surface area (Å²) in [7, 11) is 0. The molecule has 0 fully saturated rings. The summed E-state index contributed by atoms with van der Waals surface area (Å²) in [5.41, 5.74) is 1.03. The molecule has 0 aliphatic carbocycles. The SMILES string of the molecule is CC[C@H](O)CNc1ncc(C)cn1. The van der Waals surface area contributed by atoms with Crippen molar-refractivity contribution in [3.8, 4) is 0 Å². The van der Waals surface area contributed by atoms with Crippen molar-refractivity contribution in [2.45, 2.75) is 26.4 Å². The average molecular weight is 181 g/mol. The van der Waals surface area contributed by atoms with E-state index in [0.29, 0.717) is 12.5 Å². The first kappa shape index (κ1) is 9.92. The number of hydrogen-bond donors (Lipinski definition) is 2. The van der Waals surface area contributed by atoms with E-state index in [9.17, 15) is 5.11 Å². The van der Waals surface area contributed by atoms with E-state index >= 15 is 0 Å². The molecule has 0 aromatic carbocycles. The Bertz CT molecular complexity index is 248. The molecule has 0 saturated carbocycles. The molecule has 0 aliphatic heterocycles. The smallest absolute Gasteiger partial charge is 0.222 e. The highest BCUT2D eigenvalue weighted by Crippen LogP contribution is 1.99. The van der Waals surface area contributed by atoms with Gasteiger partial charge in [-0.15, -0.1) is 0 Å². The van der Waals surface area contributed by atoms with Crippen LogP contribution in [-0.2, 0) is 0 Å². The Hall–Kier alpha value is -1.16. The Morgan fingerprint density at radius 1 is 1.46 bits per heavy atom. The molecule has 0 amide bonds. The van der Waals surface area contributed by atoms with Gasteiger partial charge in [0.15, 0.2) is 0 Å². The van der Waals surface area contributed by atoms with Crippen molar-refractivity contribution in [2.75, 3.05) is 11.9 Å². The molecule has 0 saturated heterocycles. The molecular weight excluding hydrogens is 166 g/mol. The molecule has 72 valence electrons. The van der Waals surface area contributed by atoms with E-state index in [0.717, 1.165) is 12.0 Å². The normalized spacial score (nSPS) is 12.5. The van der Waals surface area contributed by atoms with Crippen LogP contribution < -0.4 is 5.32 Å². The monoisotopic (exact) mass is 181 g/mol. The molecule has 4 nitrogen and oxygen atoms in total. The van der Waals surface area contributed by atoms with Crippen LogP contribution >= 0.6 is 0 Å². The molecule has 1 heterocycles. The van der Waals surface area contributed by atoms with Crippen LogP contribution in [-0.4, -0.2) is 27.7 Å². The number of aliphatic hydroxyl groups excluding tert-OH is 1. The van der Waals surface area contributed by atoms with Gasteiger partial charge in [-0.3, -0.25) is 0 Å². The van der Waals surface area contributed by atoms with Crippen molar-refractivity contribution in [3.63, 3.8) is 0 Å². The molecule has 0 spiro atoms. The number of nitrogens with zero attached hydrogens (tertiary/aromatic N) is 2.